The van der Waals surface area contributed by atoms with Crippen molar-refractivity contribution in [1.82, 2.24) is 4.90 Å². The molecule has 4 rings (SSSR count). The molecule has 0 spiro atoms. The fourth-order valence-corrected chi connectivity index (χ4v) is 4.24. The molecule has 2 bridgehead atoms. The molecule has 2 nitrogen and oxygen atoms in total. The van der Waals surface area contributed by atoms with Crippen molar-refractivity contribution in [3.63, 3.8) is 0 Å². The van der Waals surface area contributed by atoms with Gasteiger partial charge in [0.2, 0.25) is 0 Å². The van der Waals surface area contributed by atoms with Gasteiger partial charge in [-0.25, -0.2) is 0 Å². The minimum Gasteiger partial charge on any atom is -0.372 e. The number of morpholine rings is 1. The van der Waals surface area contributed by atoms with Gasteiger partial charge < -0.3 is 4.74 Å². The predicted molar refractivity (Wildman–Crippen MR) is 76.6 cm³/mol. The second-order valence-electron chi connectivity index (χ2n) is 6.73. The number of rotatable bonds is 2. The molecule has 2 atom stereocenters. The highest BCUT2D eigenvalue weighted by Gasteiger charge is 2.38. The van der Waals surface area contributed by atoms with Gasteiger partial charge in [0.25, 0.3) is 0 Å². The number of likely N-dealkylation sites (tertiary alicyclic amines) is 1. The Labute approximate surface area is 128 Å². The van der Waals surface area contributed by atoms with Gasteiger partial charge in [-0.05, 0) is 54.9 Å². The number of benzene rings is 1. The summed E-state index contributed by atoms with van der Waals surface area (Å²) >= 11 is 0. The van der Waals surface area contributed by atoms with Crippen LogP contribution in [0.3, 0.4) is 0 Å². The lowest BCUT2D eigenvalue weighted by Crippen LogP contribution is -2.42. The molecule has 0 amide bonds. The molecule has 1 aliphatic carbocycles. The van der Waals surface area contributed by atoms with E-state index >= 15 is 0 Å². The van der Waals surface area contributed by atoms with Crippen LogP contribution in [0.15, 0.2) is 12.1 Å². The first-order chi connectivity index (χ1) is 10.5. The van der Waals surface area contributed by atoms with Crippen molar-refractivity contribution in [2.75, 3.05) is 13.1 Å². The lowest BCUT2D eigenvalue weighted by Gasteiger charge is -2.33. The quantitative estimate of drug-likeness (QED) is 0.828. The molecule has 22 heavy (non-hydrogen) atoms. The van der Waals surface area contributed by atoms with Gasteiger partial charge in [-0.1, -0.05) is 6.07 Å². The zero-order valence-corrected chi connectivity index (χ0v) is 12.5. The van der Waals surface area contributed by atoms with Gasteiger partial charge in [0.05, 0.1) is 17.8 Å². The summed E-state index contributed by atoms with van der Waals surface area (Å²) < 4.78 is 46.0. The number of halogens is 3. The number of aryl methyl sites for hydroxylation is 1. The van der Waals surface area contributed by atoms with Gasteiger partial charge in [-0.15, -0.1) is 0 Å². The fraction of sp³-hybridized carbons (Fsp3) is 0.647. The third kappa shape index (κ3) is 2.54. The predicted octanol–water partition coefficient (Wildman–Crippen LogP) is 3.56. The largest absolute Gasteiger partial charge is 0.416 e. The molecule has 0 radical (unpaired) electrons. The lowest BCUT2D eigenvalue weighted by molar-refractivity contribution is -0.138. The minimum atomic E-state index is -4.27. The van der Waals surface area contributed by atoms with Crippen LogP contribution in [0.25, 0.3) is 0 Å². The molecule has 2 fully saturated rings. The van der Waals surface area contributed by atoms with E-state index in [4.69, 9.17) is 4.74 Å². The minimum absolute atomic E-state index is 0.213. The second-order valence-corrected chi connectivity index (χ2v) is 6.73. The Kier molecular flexibility index (Phi) is 3.46. The van der Waals surface area contributed by atoms with Crippen LogP contribution in [0, 0.1) is 0 Å². The maximum absolute atomic E-state index is 13.4. The van der Waals surface area contributed by atoms with Crippen LogP contribution >= 0.6 is 0 Å². The van der Waals surface area contributed by atoms with Crippen molar-refractivity contribution in [1.29, 1.82) is 0 Å². The number of hydrogen-bond donors (Lipinski definition) is 0. The van der Waals surface area contributed by atoms with Crippen LogP contribution in [0.1, 0.15) is 41.5 Å². The van der Waals surface area contributed by atoms with E-state index in [0.717, 1.165) is 56.3 Å². The molecular formula is C17H20F3NO. The monoisotopic (exact) mass is 311 g/mol. The van der Waals surface area contributed by atoms with Gasteiger partial charge in [-0.2, -0.15) is 13.2 Å². The normalized spacial score (nSPS) is 28.1. The third-order valence-electron chi connectivity index (χ3n) is 5.21. The van der Waals surface area contributed by atoms with Gasteiger partial charge in [-0.3, -0.25) is 4.90 Å². The van der Waals surface area contributed by atoms with Gasteiger partial charge in [0, 0.05) is 19.6 Å². The summed E-state index contributed by atoms with van der Waals surface area (Å²) in [5, 5.41) is 0. The summed E-state index contributed by atoms with van der Waals surface area (Å²) in [7, 11) is 0. The van der Waals surface area contributed by atoms with Gasteiger partial charge >= 0.3 is 6.18 Å². The molecule has 120 valence electrons. The Bertz CT molecular complexity index is 572. The average molecular weight is 311 g/mol. The van der Waals surface area contributed by atoms with Crippen molar-refractivity contribution < 1.29 is 17.9 Å². The van der Waals surface area contributed by atoms with Crippen molar-refractivity contribution in [3.05, 3.63) is 34.4 Å². The molecule has 0 N–H and O–H groups in total. The van der Waals surface area contributed by atoms with E-state index in [1.54, 1.807) is 6.07 Å². The van der Waals surface area contributed by atoms with E-state index in [-0.39, 0.29) is 12.2 Å². The molecule has 1 aromatic carbocycles. The van der Waals surface area contributed by atoms with Gasteiger partial charge in [0.15, 0.2) is 0 Å². The Morgan fingerprint density at radius 3 is 2.50 bits per heavy atom. The fourth-order valence-electron chi connectivity index (χ4n) is 4.24. The smallest absolute Gasteiger partial charge is 0.372 e. The number of alkyl halides is 3. The zero-order chi connectivity index (χ0) is 15.3. The van der Waals surface area contributed by atoms with Crippen LogP contribution < -0.4 is 0 Å². The Morgan fingerprint density at radius 2 is 1.82 bits per heavy atom. The summed E-state index contributed by atoms with van der Waals surface area (Å²) in [5.74, 6) is 0. The number of nitrogens with zero attached hydrogens (tertiary/aromatic N) is 1. The van der Waals surface area contributed by atoms with Crippen molar-refractivity contribution >= 4 is 0 Å². The lowest BCUT2D eigenvalue weighted by atomic mass is 9.96. The summed E-state index contributed by atoms with van der Waals surface area (Å²) in [6.45, 7) is 1.93. The highest BCUT2D eigenvalue weighted by Crippen LogP contribution is 2.38. The van der Waals surface area contributed by atoms with E-state index in [0.29, 0.717) is 12.1 Å². The molecule has 2 aliphatic heterocycles. The Morgan fingerprint density at radius 1 is 1.09 bits per heavy atom. The molecule has 2 saturated heterocycles. The molecule has 5 heteroatoms. The molecule has 0 saturated carbocycles. The zero-order valence-electron chi connectivity index (χ0n) is 12.5. The van der Waals surface area contributed by atoms with E-state index in [2.05, 4.69) is 4.90 Å². The summed E-state index contributed by atoms with van der Waals surface area (Å²) in [6.07, 6.45) is 0.909. The summed E-state index contributed by atoms with van der Waals surface area (Å²) in [4.78, 5) is 2.16. The van der Waals surface area contributed by atoms with Gasteiger partial charge in [0.1, 0.15) is 0 Å². The first-order valence-electron chi connectivity index (χ1n) is 8.09. The van der Waals surface area contributed by atoms with E-state index in [1.807, 2.05) is 0 Å². The van der Waals surface area contributed by atoms with Crippen LogP contribution in [0.5, 0.6) is 0 Å². The summed E-state index contributed by atoms with van der Waals surface area (Å²) in [6, 6.07) is 2.96. The SMILES string of the molecule is FC(F)(F)c1ccc2c(c1CN1CC3CCC(C1)O3)CCC2. The number of ether oxygens (including phenoxy) is 1. The third-order valence-corrected chi connectivity index (χ3v) is 5.21. The molecule has 0 aromatic heterocycles. The number of hydrogen-bond acceptors (Lipinski definition) is 2. The Hall–Kier alpha value is -1.07. The van der Waals surface area contributed by atoms with E-state index < -0.39 is 11.7 Å². The maximum Gasteiger partial charge on any atom is 0.416 e. The van der Waals surface area contributed by atoms with Crippen LogP contribution in [-0.2, 0) is 30.3 Å². The number of fused-ring (bicyclic) bond motifs is 3. The molecule has 3 aliphatic rings. The molecule has 2 unspecified atom stereocenters. The maximum atomic E-state index is 13.4. The topological polar surface area (TPSA) is 12.5 Å². The highest BCUT2D eigenvalue weighted by molar-refractivity contribution is 5.45. The first kappa shape index (κ1) is 14.5. The van der Waals surface area contributed by atoms with Crippen molar-refractivity contribution in [2.45, 2.75) is 57.0 Å². The average Bonchev–Trinajstić information content (AvgIpc) is 3.04. The van der Waals surface area contributed by atoms with Crippen molar-refractivity contribution in [2.24, 2.45) is 0 Å². The molecular weight excluding hydrogens is 291 g/mol. The van der Waals surface area contributed by atoms with E-state index in [9.17, 15) is 13.2 Å². The first-order valence-corrected chi connectivity index (χ1v) is 8.09. The Balaban J connectivity index is 1.66. The van der Waals surface area contributed by atoms with E-state index in [1.165, 1.54) is 6.07 Å². The summed E-state index contributed by atoms with van der Waals surface area (Å²) in [5.41, 5.74) is 2.14. The van der Waals surface area contributed by atoms with Crippen LogP contribution in [0.4, 0.5) is 13.2 Å². The van der Waals surface area contributed by atoms with Crippen LogP contribution in [-0.4, -0.2) is 30.2 Å². The van der Waals surface area contributed by atoms with Crippen molar-refractivity contribution in [3.8, 4) is 0 Å². The highest BCUT2D eigenvalue weighted by atomic mass is 19.4. The molecule has 2 heterocycles. The van der Waals surface area contributed by atoms with Crippen LogP contribution in [0.2, 0.25) is 0 Å². The second kappa shape index (κ2) is 5.24. The molecule has 1 aromatic rings. The standard InChI is InChI=1S/C17H20F3NO/c18-17(19,20)16-7-4-11-2-1-3-14(11)15(16)10-21-8-12-5-6-13(9-21)22-12/h4,7,12-13H,1-3,5-6,8-10H2.